The Balaban J connectivity index is 2.09. The van der Waals surface area contributed by atoms with Crippen molar-refractivity contribution in [3.63, 3.8) is 0 Å². The van der Waals surface area contributed by atoms with Crippen LogP contribution in [0.1, 0.15) is 18.4 Å². The molecule has 0 aromatic heterocycles. The van der Waals surface area contributed by atoms with Gasteiger partial charge in [0.2, 0.25) is 0 Å². The smallest absolute Gasteiger partial charge is 0.416 e. The fraction of sp³-hybridized carbons (Fsp3) is 0.571. The van der Waals surface area contributed by atoms with E-state index in [1.165, 1.54) is 0 Å². The Morgan fingerprint density at radius 3 is 2.41 bits per heavy atom. The normalized spacial score (nSPS) is 20.8. The lowest BCUT2D eigenvalue weighted by molar-refractivity contribution is -0.137. The van der Waals surface area contributed by atoms with Crippen LogP contribution >= 0.6 is 0 Å². The Morgan fingerprint density at radius 1 is 1.32 bits per heavy atom. The maximum Gasteiger partial charge on any atom is 0.416 e. The fourth-order valence-corrected chi connectivity index (χ4v) is 3.28. The van der Waals surface area contributed by atoms with Crippen LogP contribution in [-0.2, 0) is 16.0 Å². The molecular formula is C14H18F3NO3S. The molecule has 0 spiro atoms. The minimum atomic E-state index is -4.43. The minimum absolute atomic E-state index is 0.120. The number of hydrogen-bond acceptors (Lipinski definition) is 4. The second-order valence-electron chi connectivity index (χ2n) is 5.49. The van der Waals surface area contributed by atoms with Crippen LogP contribution in [0.3, 0.4) is 0 Å². The van der Waals surface area contributed by atoms with Crippen LogP contribution in [0.2, 0.25) is 0 Å². The van der Waals surface area contributed by atoms with E-state index in [-0.39, 0.29) is 11.7 Å². The van der Waals surface area contributed by atoms with Crippen molar-refractivity contribution in [2.45, 2.75) is 24.5 Å². The molecule has 1 aliphatic rings. The highest BCUT2D eigenvalue weighted by Crippen LogP contribution is 2.31. The van der Waals surface area contributed by atoms with Crippen LogP contribution in [-0.4, -0.2) is 33.2 Å². The van der Waals surface area contributed by atoms with Gasteiger partial charge in [0, 0.05) is 12.7 Å². The van der Waals surface area contributed by atoms with Gasteiger partial charge in [-0.2, -0.15) is 13.2 Å². The van der Waals surface area contributed by atoms with E-state index in [2.05, 4.69) is 5.32 Å². The average molecular weight is 337 g/mol. The third kappa shape index (κ3) is 4.61. The van der Waals surface area contributed by atoms with Gasteiger partial charge in [-0.05, 0) is 49.7 Å². The van der Waals surface area contributed by atoms with Crippen molar-refractivity contribution in [2.75, 3.05) is 19.3 Å². The monoisotopic (exact) mass is 337 g/mol. The molecule has 0 radical (unpaired) electrons. The first-order valence-corrected chi connectivity index (χ1v) is 8.85. The van der Waals surface area contributed by atoms with Crippen LogP contribution in [0.15, 0.2) is 24.3 Å². The lowest BCUT2D eigenvalue weighted by Crippen LogP contribution is -2.30. The Kier molecular flexibility index (Phi) is 5.01. The summed E-state index contributed by atoms with van der Waals surface area (Å²) in [5, 5.41) is 3.14. The molecule has 0 saturated carbocycles. The molecule has 1 N–H and O–H groups in total. The molecular weight excluding hydrogens is 319 g/mol. The highest BCUT2D eigenvalue weighted by Gasteiger charge is 2.31. The first-order chi connectivity index (χ1) is 10.2. The number of rotatable bonds is 5. The highest BCUT2D eigenvalue weighted by atomic mass is 32.2. The summed E-state index contributed by atoms with van der Waals surface area (Å²) in [5.41, 5.74) is -1.84. The number of hydrogen-bond donors (Lipinski definition) is 1. The lowest BCUT2D eigenvalue weighted by atomic mass is 10.1. The van der Waals surface area contributed by atoms with Crippen LogP contribution in [0.25, 0.3) is 0 Å². The average Bonchev–Trinajstić information content (AvgIpc) is 2.89. The molecule has 2 atom stereocenters. The summed E-state index contributed by atoms with van der Waals surface area (Å²) >= 11 is 0. The molecule has 8 heteroatoms. The van der Waals surface area contributed by atoms with E-state index in [4.69, 9.17) is 4.74 Å². The molecule has 0 aliphatic carbocycles. The van der Waals surface area contributed by atoms with E-state index in [9.17, 15) is 21.6 Å². The molecule has 1 aromatic carbocycles. The number of alkyl halides is 3. The molecule has 1 saturated heterocycles. The molecule has 0 unspecified atom stereocenters. The number of sulfone groups is 1. The first kappa shape index (κ1) is 17.1. The third-order valence-corrected chi connectivity index (χ3v) is 4.86. The SMILES string of the molecule is CS(=O)(=O)[C@@H](C[C@@H]1CCNC1)Oc1ccc(C(F)(F)F)cc1. The van der Waals surface area contributed by atoms with Crippen LogP contribution in [0, 0.1) is 5.92 Å². The summed E-state index contributed by atoms with van der Waals surface area (Å²) in [6, 6.07) is 4.05. The number of ether oxygens (including phenoxy) is 1. The van der Waals surface area contributed by atoms with Crippen molar-refractivity contribution in [1.29, 1.82) is 0 Å². The second-order valence-corrected chi connectivity index (χ2v) is 7.68. The Bertz CT molecular complexity index is 593. The van der Waals surface area contributed by atoms with E-state index in [0.717, 1.165) is 50.0 Å². The molecule has 2 rings (SSSR count). The number of nitrogens with one attached hydrogen (secondary N) is 1. The summed E-state index contributed by atoms with van der Waals surface area (Å²) in [5.74, 6) is 0.309. The number of benzene rings is 1. The third-order valence-electron chi connectivity index (χ3n) is 3.61. The molecule has 1 aliphatic heterocycles. The highest BCUT2D eigenvalue weighted by molar-refractivity contribution is 7.91. The molecule has 22 heavy (non-hydrogen) atoms. The van der Waals surface area contributed by atoms with Crippen LogP contribution in [0.4, 0.5) is 13.2 Å². The van der Waals surface area contributed by atoms with Gasteiger partial charge in [-0.1, -0.05) is 0 Å². The van der Waals surface area contributed by atoms with Gasteiger partial charge in [0.15, 0.2) is 15.3 Å². The zero-order valence-electron chi connectivity index (χ0n) is 12.1. The maximum absolute atomic E-state index is 12.5. The minimum Gasteiger partial charge on any atom is -0.475 e. The summed E-state index contributed by atoms with van der Waals surface area (Å²) in [7, 11) is -3.46. The first-order valence-electron chi connectivity index (χ1n) is 6.90. The summed E-state index contributed by atoms with van der Waals surface area (Å²) in [6.45, 7) is 1.56. The quantitative estimate of drug-likeness (QED) is 0.897. The van der Waals surface area contributed by atoms with Crippen LogP contribution in [0.5, 0.6) is 5.75 Å². The standard InChI is InChI=1S/C14H18F3NO3S/c1-22(19,20)13(8-10-6-7-18-9-10)21-12-4-2-11(3-5-12)14(15,16)17/h2-5,10,13,18H,6-9H2,1H3/t10-,13-/m0/s1. The van der Waals surface area contributed by atoms with Crippen molar-refractivity contribution in [3.05, 3.63) is 29.8 Å². The van der Waals surface area contributed by atoms with Gasteiger partial charge in [0.1, 0.15) is 5.75 Å². The summed E-state index contributed by atoms with van der Waals surface area (Å²) in [4.78, 5) is 0. The zero-order valence-corrected chi connectivity index (χ0v) is 12.9. The fourth-order valence-electron chi connectivity index (χ4n) is 2.37. The molecule has 1 heterocycles. The predicted octanol–water partition coefficient (Wildman–Crippen LogP) is 2.45. The van der Waals surface area contributed by atoms with Gasteiger partial charge in [-0.25, -0.2) is 8.42 Å². The lowest BCUT2D eigenvalue weighted by Gasteiger charge is -2.20. The second kappa shape index (κ2) is 6.45. The van der Waals surface area contributed by atoms with E-state index in [1.807, 2.05) is 0 Å². The zero-order chi connectivity index (χ0) is 16.4. The molecule has 0 bridgehead atoms. The molecule has 1 fully saturated rings. The van der Waals surface area contributed by atoms with Crippen molar-refractivity contribution < 1.29 is 26.3 Å². The Labute approximate surface area is 127 Å². The van der Waals surface area contributed by atoms with E-state index < -0.39 is 27.0 Å². The Morgan fingerprint density at radius 2 is 1.95 bits per heavy atom. The van der Waals surface area contributed by atoms with Gasteiger partial charge in [-0.3, -0.25) is 0 Å². The van der Waals surface area contributed by atoms with Crippen LogP contribution < -0.4 is 10.1 Å². The Hall–Kier alpha value is -1.28. The van der Waals surface area contributed by atoms with E-state index in [0.29, 0.717) is 6.42 Å². The maximum atomic E-state index is 12.5. The van der Waals surface area contributed by atoms with Gasteiger partial charge in [0.05, 0.1) is 5.56 Å². The predicted molar refractivity (Wildman–Crippen MR) is 76.3 cm³/mol. The van der Waals surface area contributed by atoms with Crippen molar-refractivity contribution in [1.82, 2.24) is 5.32 Å². The van der Waals surface area contributed by atoms with Crippen molar-refractivity contribution >= 4 is 9.84 Å². The van der Waals surface area contributed by atoms with Gasteiger partial charge in [0.25, 0.3) is 0 Å². The topological polar surface area (TPSA) is 55.4 Å². The molecule has 1 aromatic rings. The number of halogens is 3. The summed E-state index contributed by atoms with van der Waals surface area (Å²) in [6.07, 6.45) is -2.16. The van der Waals surface area contributed by atoms with Crippen molar-refractivity contribution in [3.8, 4) is 5.75 Å². The van der Waals surface area contributed by atoms with Gasteiger partial charge in [-0.15, -0.1) is 0 Å². The molecule has 4 nitrogen and oxygen atoms in total. The molecule has 124 valence electrons. The van der Waals surface area contributed by atoms with Gasteiger partial charge < -0.3 is 10.1 Å². The summed E-state index contributed by atoms with van der Waals surface area (Å²) < 4.78 is 66.6. The molecule has 0 amide bonds. The van der Waals surface area contributed by atoms with E-state index in [1.54, 1.807) is 0 Å². The van der Waals surface area contributed by atoms with E-state index >= 15 is 0 Å². The van der Waals surface area contributed by atoms with Gasteiger partial charge >= 0.3 is 6.18 Å². The largest absolute Gasteiger partial charge is 0.475 e. The van der Waals surface area contributed by atoms with Crippen molar-refractivity contribution in [2.24, 2.45) is 5.92 Å².